The molecule has 0 aliphatic rings. The van der Waals surface area contributed by atoms with Crippen molar-refractivity contribution in [3.05, 3.63) is 0 Å². The van der Waals surface area contributed by atoms with Crippen molar-refractivity contribution in [2.75, 3.05) is 0 Å². The molecular formula is C17H34O. The van der Waals surface area contributed by atoms with Crippen LogP contribution >= 0.6 is 0 Å². The summed E-state index contributed by atoms with van der Waals surface area (Å²) in [5.41, 5.74) is 0. The molecule has 0 radical (unpaired) electrons. The molecule has 0 aromatic heterocycles. The van der Waals surface area contributed by atoms with Gasteiger partial charge in [-0.15, -0.1) is 0 Å². The Morgan fingerprint density at radius 1 is 0.667 bits per heavy atom. The van der Waals surface area contributed by atoms with Crippen molar-refractivity contribution in [1.82, 2.24) is 0 Å². The third-order valence-electron chi connectivity index (χ3n) is 3.47. The Labute approximate surface area is 115 Å². The number of hydrogen-bond donors (Lipinski definition) is 0. The molecule has 0 rings (SSSR count). The summed E-state index contributed by atoms with van der Waals surface area (Å²) in [7, 11) is 0. The van der Waals surface area contributed by atoms with E-state index in [2.05, 4.69) is 27.7 Å². The molecule has 108 valence electrons. The van der Waals surface area contributed by atoms with Gasteiger partial charge >= 0.3 is 0 Å². The van der Waals surface area contributed by atoms with Crippen molar-refractivity contribution in [3.8, 4) is 0 Å². The van der Waals surface area contributed by atoms with Crippen molar-refractivity contribution in [2.24, 2.45) is 11.8 Å². The zero-order chi connectivity index (χ0) is 13.8. The highest BCUT2D eigenvalue weighted by molar-refractivity contribution is 5.78. The first kappa shape index (κ1) is 17.7. The van der Waals surface area contributed by atoms with Gasteiger partial charge in [-0.3, -0.25) is 4.79 Å². The SMILES string of the molecule is CC(C)CCCCCCCC(=O)CCCC(C)C. The molecular weight excluding hydrogens is 220 g/mol. The van der Waals surface area contributed by atoms with Crippen LogP contribution in [0.3, 0.4) is 0 Å². The molecule has 1 heteroatoms. The average Bonchev–Trinajstić information content (AvgIpc) is 2.26. The van der Waals surface area contributed by atoms with Crippen LogP contribution in [0.4, 0.5) is 0 Å². The molecule has 0 aliphatic heterocycles. The van der Waals surface area contributed by atoms with Gasteiger partial charge in [0.25, 0.3) is 0 Å². The van der Waals surface area contributed by atoms with Crippen molar-refractivity contribution in [1.29, 1.82) is 0 Å². The van der Waals surface area contributed by atoms with E-state index in [-0.39, 0.29) is 0 Å². The molecule has 0 amide bonds. The number of Topliss-reactive ketones (excluding diaryl/α,β-unsaturated/α-hetero) is 1. The van der Waals surface area contributed by atoms with E-state index in [1.807, 2.05) is 0 Å². The minimum atomic E-state index is 0.484. The molecule has 0 aliphatic carbocycles. The van der Waals surface area contributed by atoms with Gasteiger partial charge in [0.05, 0.1) is 0 Å². The number of ketones is 1. The summed E-state index contributed by atoms with van der Waals surface area (Å²) in [5.74, 6) is 2.06. The maximum Gasteiger partial charge on any atom is 0.132 e. The van der Waals surface area contributed by atoms with Crippen LogP contribution in [0, 0.1) is 11.8 Å². The molecule has 0 heterocycles. The highest BCUT2D eigenvalue weighted by Gasteiger charge is 2.03. The van der Waals surface area contributed by atoms with Crippen molar-refractivity contribution in [3.63, 3.8) is 0 Å². The van der Waals surface area contributed by atoms with E-state index in [0.717, 1.165) is 37.5 Å². The first-order chi connectivity index (χ1) is 8.52. The summed E-state index contributed by atoms with van der Waals surface area (Å²) >= 11 is 0. The predicted octanol–water partition coefficient (Wildman–Crippen LogP) is 5.77. The van der Waals surface area contributed by atoms with Gasteiger partial charge < -0.3 is 0 Å². The van der Waals surface area contributed by atoms with Crippen LogP contribution in [-0.4, -0.2) is 5.78 Å². The zero-order valence-corrected chi connectivity index (χ0v) is 13.1. The Hall–Kier alpha value is -0.330. The van der Waals surface area contributed by atoms with Crippen molar-refractivity contribution >= 4 is 5.78 Å². The fourth-order valence-electron chi connectivity index (χ4n) is 2.24. The Morgan fingerprint density at radius 2 is 1.11 bits per heavy atom. The van der Waals surface area contributed by atoms with Crippen LogP contribution in [-0.2, 0) is 4.79 Å². The summed E-state index contributed by atoms with van der Waals surface area (Å²) in [6, 6.07) is 0. The number of hydrogen-bond acceptors (Lipinski definition) is 1. The standard InChI is InChI=1S/C17H34O/c1-15(2)11-8-6-5-7-9-13-17(18)14-10-12-16(3)4/h15-16H,5-14H2,1-4H3. The molecule has 18 heavy (non-hydrogen) atoms. The van der Waals surface area contributed by atoms with E-state index >= 15 is 0 Å². The quantitative estimate of drug-likeness (QED) is 0.404. The Morgan fingerprint density at radius 3 is 1.72 bits per heavy atom. The molecule has 0 aromatic rings. The van der Waals surface area contributed by atoms with Gasteiger partial charge in [0.15, 0.2) is 0 Å². The molecule has 0 atom stereocenters. The molecule has 1 nitrogen and oxygen atoms in total. The molecule has 0 aromatic carbocycles. The monoisotopic (exact) mass is 254 g/mol. The van der Waals surface area contributed by atoms with Gasteiger partial charge in [0, 0.05) is 12.8 Å². The Balaban J connectivity index is 3.20. The lowest BCUT2D eigenvalue weighted by Gasteiger charge is -2.05. The average molecular weight is 254 g/mol. The first-order valence-corrected chi connectivity index (χ1v) is 8.04. The van der Waals surface area contributed by atoms with E-state index in [0.29, 0.717) is 5.78 Å². The second-order valence-electron chi connectivity index (χ2n) is 6.53. The fourth-order valence-corrected chi connectivity index (χ4v) is 2.24. The molecule has 0 spiro atoms. The highest BCUT2D eigenvalue weighted by Crippen LogP contribution is 2.13. The highest BCUT2D eigenvalue weighted by atomic mass is 16.1. The van der Waals surface area contributed by atoms with Crippen molar-refractivity contribution < 1.29 is 4.79 Å². The van der Waals surface area contributed by atoms with Gasteiger partial charge in [-0.2, -0.15) is 0 Å². The largest absolute Gasteiger partial charge is 0.300 e. The van der Waals surface area contributed by atoms with Gasteiger partial charge in [0.1, 0.15) is 5.78 Å². The lowest BCUT2D eigenvalue weighted by molar-refractivity contribution is -0.119. The second kappa shape index (κ2) is 11.7. The lowest BCUT2D eigenvalue weighted by atomic mass is 10.0. The maximum absolute atomic E-state index is 11.6. The molecule has 0 unspecified atom stereocenters. The van der Waals surface area contributed by atoms with Crippen LogP contribution in [0.25, 0.3) is 0 Å². The van der Waals surface area contributed by atoms with E-state index < -0.39 is 0 Å². The van der Waals surface area contributed by atoms with Gasteiger partial charge in [0.2, 0.25) is 0 Å². The fraction of sp³-hybridized carbons (Fsp3) is 0.941. The number of carbonyl (C=O) groups is 1. The summed E-state index contributed by atoms with van der Waals surface area (Å²) in [6.45, 7) is 9.02. The van der Waals surface area contributed by atoms with Gasteiger partial charge in [-0.05, 0) is 24.7 Å². The van der Waals surface area contributed by atoms with E-state index in [1.165, 1.54) is 38.5 Å². The van der Waals surface area contributed by atoms with Crippen LogP contribution in [0.1, 0.15) is 91.9 Å². The van der Waals surface area contributed by atoms with Crippen LogP contribution in [0.2, 0.25) is 0 Å². The van der Waals surface area contributed by atoms with Crippen LogP contribution < -0.4 is 0 Å². The van der Waals surface area contributed by atoms with E-state index in [9.17, 15) is 4.79 Å². The summed E-state index contributed by atoms with van der Waals surface area (Å²) in [5, 5.41) is 0. The number of carbonyl (C=O) groups excluding carboxylic acids is 1. The maximum atomic E-state index is 11.6. The van der Waals surface area contributed by atoms with Gasteiger partial charge in [-0.1, -0.05) is 66.2 Å². The Kier molecular flexibility index (Phi) is 11.5. The number of unbranched alkanes of at least 4 members (excludes halogenated alkanes) is 4. The molecule has 0 saturated carbocycles. The molecule has 0 bridgehead atoms. The molecule has 0 N–H and O–H groups in total. The smallest absolute Gasteiger partial charge is 0.132 e. The van der Waals surface area contributed by atoms with E-state index in [1.54, 1.807) is 0 Å². The summed E-state index contributed by atoms with van der Waals surface area (Å²) in [6.07, 6.45) is 11.6. The first-order valence-electron chi connectivity index (χ1n) is 8.04. The van der Waals surface area contributed by atoms with Gasteiger partial charge in [-0.25, -0.2) is 0 Å². The second-order valence-corrected chi connectivity index (χ2v) is 6.53. The van der Waals surface area contributed by atoms with Crippen molar-refractivity contribution in [2.45, 2.75) is 91.9 Å². The Bertz CT molecular complexity index is 194. The minimum Gasteiger partial charge on any atom is -0.300 e. The third-order valence-corrected chi connectivity index (χ3v) is 3.47. The van der Waals surface area contributed by atoms with Crippen LogP contribution in [0.15, 0.2) is 0 Å². The lowest BCUT2D eigenvalue weighted by Crippen LogP contribution is -1.99. The summed E-state index contributed by atoms with van der Waals surface area (Å²) in [4.78, 5) is 11.6. The molecule has 0 saturated heterocycles. The molecule has 0 fully saturated rings. The minimum absolute atomic E-state index is 0.484. The number of rotatable bonds is 12. The predicted molar refractivity (Wildman–Crippen MR) is 80.9 cm³/mol. The van der Waals surface area contributed by atoms with Crippen LogP contribution in [0.5, 0.6) is 0 Å². The topological polar surface area (TPSA) is 17.1 Å². The zero-order valence-electron chi connectivity index (χ0n) is 13.1. The normalized spacial score (nSPS) is 11.4. The van der Waals surface area contributed by atoms with E-state index in [4.69, 9.17) is 0 Å². The third kappa shape index (κ3) is 13.7. The summed E-state index contributed by atoms with van der Waals surface area (Å²) < 4.78 is 0.